The first-order chi connectivity index (χ1) is 9.60. The molecule has 1 N–H and O–H groups in total. The minimum atomic E-state index is 0.489. The van der Waals surface area contributed by atoms with Crippen molar-refractivity contribution in [1.82, 2.24) is 10.2 Å². The van der Waals surface area contributed by atoms with E-state index in [0.717, 1.165) is 17.8 Å². The minimum absolute atomic E-state index is 0.489. The lowest BCUT2D eigenvalue weighted by Crippen LogP contribution is -2.48. The predicted octanol–water partition coefficient (Wildman–Crippen LogP) is 3.52. The number of hydrogen-bond acceptors (Lipinski definition) is 2. The highest BCUT2D eigenvalue weighted by Gasteiger charge is 2.42. The Balaban J connectivity index is 1.56. The molecule has 20 heavy (non-hydrogen) atoms. The first-order valence-corrected chi connectivity index (χ1v) is 9.00. The zero-order valence-electron chi connectivity index (χ0n) is 13.8. The molecule has 0 aromatic heterocycles. The molecule has 116 valence electrons. The average molecular weight is 278 g/mol. The van der Waals surface area contributed by atoms with Gasteiger partial charge in [-0.3, -0.25) is 0 Å². The van der Waals surface area contributed by atoms with Gasteiger partial charge in [-0.05, 0) is 62.4 Å². The minimum Gasteiger partial charge on any atom is -0.316 e. The van der Waals surface area contributed by atoms with Gasteiger partial charge in [0.25, 0.3) is 0 Å². The van der Waals surface area contributed by atoms with Crippen molar-refractivity contribution in [3.63, 3.8) is 0 Å². The molecule has 4 atom stereocenters. The maximum absolute atomic E-state index is 3.62. The molecular weight excluding hydrogens is 244 g/mol. The largest absolute Gasteiger partial charge is 0.316 e. The van der Waals surface area contributed by atoms with Gasteiger partial charge in [-0.25, -0.2) is 0 Å². The van der Waals surface area contributed by atoms with Crippen LogP contribution in [-0.2, 0) is 0 Å². The van der Waals surface area contributed by atoms with Gasteiger partial charge < -0.3 is 10.2 Å². The molecule has 1 aliphatic heterocycles. The number of likely N-dealkylation sites (tertiary alicyclic amines) is 1. The van der Waals surface area contributed by atoms with E-state index in [9.17, 15) is 0 Å². The predicted molar refractivity (Wildman–Crippen MR) is 85.9 cm³/mol. The van der Waals surface area contributed by atoms with E-state index >= 15 is 0 Å². The molecule has 2 saturated carbocycles. The van der Waals surface area contributed by atoms with E-state index in [-0.39, 0.29) is 0 Å². The molecule has 3 aliphatic rings. The second-order valence-electron chi connectivity index (χ2n) is 8.41. The highest BCUT2D eigenvalue weighted by molar-refractivity contribution is 4.97. The van der Waals surface area contributed by atoms with E-state index in [1.807, 2.05) is 0 Å². The Morgan fingerprint density at radius 1 is 1.05 bits per heavy atom. The average Bonchev–Trinajstić information content (AvgIpc) is 2.73. The first kappa shape index (κ1) is 14.8. The SMILES string of the molecule is CNC1C(CN2CCC3CCCCC3C2)CCC1(C)C. The van der Waals surface area contributed by atoms with Gasteiger partial charge in [0.05, 0.1) is 0 Å². The monoisotopic (exact) mass is 278 g/mol. The maximum atomic E-state index is 3.62. The number of rotatable bonds is 3. The Bertz CT molecular complexity index is 325. The molecular formula is C18H34N2. The van der Waals surface area contributed by atoms with Crippen LogP contribution in [0.15, 0.2) is 0 Å². The Kier molecular flexibility index (Phi) is 4.42. The third-order valence-electron chi connectivity index (χ3n) is 6.65. The second-order valence-corrected chi connectivity index (χ2v) is 8.41. The van der Waals surface area contributed by atoms with Gasteiger partial charge in [0.2, 0.25) is 0 Å². The van der Waals surface area contributed by atoms with E-state index in [1.54, 1.807) is 0 Å². The molecule has 0 amide bonds. The molecule has 1 saturated heterocycles. The fourth-order valence-corrected chi connectivity index (χ4v) is 5.51. The molecule has 0 spiro atoms. The van der Waals surface area contributed by atoms with E-state index in [0.29, 0.717) is 11.5 Å². The van der Waals surface area contributed by atoms with Crippen LogP contribution in [0.3, 0.4) is 0 Å². The molecule has 0 aromatic rings. The third kappa shape index (κ3) is 2.92. The molecule has 0 radical (unpaired) electrons. The van der Waals surface area contributed by atoms with Crippen LogP contribution in [0.2, 0.25) is 0 Å². The fourth-order valence-electron chi connectivity index (χ4n) is 5.51. The summed E-state index contributed by atoms with van der Waals surface area (Å²) in [5, 5.41) is 3.62. The van der Waals surface area contributed by atoms with Gasteiger partial charge in [0.1, 0.15) is 0 Å². The Morgan fingerprint density at radius 3 is 2.55 bits per heavy atom. The van der Waals surface area contributed by atoms with Gasteiger partial charge in [0.15, 0.2) is 0 Å². The molecule has 0 bridgehead atoms. The van der Waals surface area contributed by atoms with Crippen molar-refractivity contribution in [3.8, 4) is 0 Å². The zero-order valence-corrected chi connectivity index (χ0v) is 13.8. The van der Waals surface area contributed by atoms with Crippen molar-refractivity contribution in [2.45, 2.75) is 64.8 Å². The summed E-state index contributed by atoms with van der Waals surface area (Å²) in [5.41, 5.74) is 0.489. The maximum Gasteiger partial charge on any atom is 0.0156 e. The quantitative estimate of drug-likeness (QED) is 0.849. The lowest BCUT2D eigenvalue weighted by Gasteiger charge is -2.43. The van der Waals surface area contributed by atoms with Crippen molar-refractivity contribution < 1.29 is 0 Å². The molecule has 2 nitrogen and oxygen atoms in total. The van der Waals surface area contributed by atoms with Crippen molar-refractivity contribution >= 4 is 0 Å². The lowest BCUT2D eigenvalue weighted by atomic mass is 9.75. The summed E-state index contributed by atoms with van der Waals surface area (Å²) in [6.45, 7) is 9.01. The van der Waals surface area contributed by atoms with Crippen molar-refractivity contribution in [3.05, 3.63) is 0 Å². The van der Waals surface area contributed by atoms with Crippen LogP contribution < -0.4 is 5.32 Å². The van der Waals surface area contributed by atoms with E-state index in [2.05, 4.69) is 31.1 Å². The van der Waals surface area contributed by atoms with Crippen molar-refractivity contribution in [1.29, 1.82) is 0 Å². The topological polar surface area (TPSA) is 15.3 Å². The standard InChI is InChI=1S/C18H34N2/c1-18(2)10-8-16(17(18)19-3)13-20-11-9-14-6-4-5-7-15(14)12-20/h14-17,19H,4-13H2,1-3H3. The summed E-state index contributed by atoms with van der Waals surface area (Å²) in [4.78, 5) is 2.81. The number of nitrogens with zero attached hydrogens (tertiary/aromatic N) is 1. The van der Waals surface area contributed by atoms with Crippen LogP contribution in [-0.4, -0.2) is 37.6 Å². The summed E-state index contributed by atoms with van der Waals surface area (Å²) >= 11 is 0. The normalized spacial score (nSPS) is 41.5. The highest BCUT2D eigenvalue weighted by Crippen LogP contribution is 2.42. The van der Waals surface area contributed by atoms with Crippen LogP contribution in [0.4, 0.5) is 0 Å². The van der Waals surface area contributed by atoms with Gasteiger partial charge in [0, 0.05) is 19.1 Å². The smallest absolute Gasteiger partial charge is 0.0156 e. The van der Waals surface area contributed by atoms with Crippen LogP contribution in [0, 0.1) is 23.2 Å². The highest BCUT2D eigenvalue weighted by atomic mass is 15.1. The summed E-state index contributed by atoms with van der Waals surface area (Å²) in [5.74, 6) is 2.97. The van der Waals surface area contributed by atoms with Crippen LogP contribution in [0.1, 0.15) is 58.8 Å². The number of nitrogens with one attached hydrogen (secondary N) is 1. The van der Waals surface area contributed by atoms with E-state index in [4.69, 9.17) is 0 Å². The Morgan fingerprint density at radius 2 is 1.80 bits per heavy atom. The van der Waals surface area contributed by atoms with Gasteiger partial charge in [-0.2, -0.15) is 0 Å². The van der Waals surface area contributed by atoms with Gasteiger partial charge in [-0.1, -0.05) is 33.1 Å². The van der Waals surface area contributed by atoms with Gasteiger partial charge >= 0.3 is 0 Å². The van der Waals surface area contributed by atoms with Gasteiger partial charge in [-0.15, -0.1) is 0 Å². The van der Waals surface area contributed by atoms with E-state index in [1.165, 1.54) is 64.6 Å². The first-order valence-electron chi connectivity index (χ1n) is 9.00. The Hall–Kier alpha value is -0.0800. The molecule has 4 unspecified atom stereocenters. The van der Waals surface area contributed by atoms with E-state index < -0.39 is 0 Å². The van der Waals surface area contributed by atoms with Crippen LogP contribution in [0.5, 0.6) is 0 Å². The number of piperidine rings is 1. The molecule has 2 heteroatoms. The number of hydrogen-bond donors (Lipinski definition) is 1. The summed E-state index contributed by atoms with van der Waals surface area (Å²) in [6, 6.07) is 0.714. The fraction of sp³-hybridized carbons (Fsp3) is 1.00. The van der Waals surface area contributed by atoms with Crippen LogP contribution in [0.25, 0.3) is 0 Å². The summed E-state index contributed by atoms with van der Waals surface area (Å²) in [7, 11) is 2.16. The van der Waals surface area contributed by atoms with Crippen molar-refractivity contribution in [2.75, 3.05) is 26.7 Å². The van der Waals surface area contributed by atoms with Crippen LogP contribution >= 0.6 is 0 Å². The van der Waals surface area contributed by atoms with Crippen molar-refractivity contribution in [2.24, 2.45) is 23.2 Å². The molecule has 2 aliphatic carbocycles. The lowest BCUT2D eigenvalue weighted by molar-refractivity contribution is 0.0702. The molecule has 0 aromatic carbocycles. The number of fused-ring (bicyclic) bond motifs is 1. The molecule has 3 rings (SSSR count). The third-order valence-corrected chi connectivity index (χ3v) is 6.65. The molecule has 1 heterocycles. The zero-order chi connectivity index (χ0) is 14.2. The summed E-state index contributed by atoms with van der Waals surface area (Å²) in [6.07, 6.45) is 10.3. The Labute approximate surface area is 125 Å². The molecule has 3 fully saturated rings. The second kappa shape index (κ2) is 5.96. The summed E-state index contributed by atoms with van der Waals surface area (Å²) < 4.78 is 0.